The van der Waals surface area contributed by atoms with Gasteiger partial charge in [0.05, 0.1) is 15.2 Å². The van der Waals surface area contributed by atoms with E-state index >= 15 is 0 Å². The number of hydrogen-bond donors (Lipinski definition) is 0. The van der Waals surface area contributed by atoms with Crippen LogP contribution in [0.25, 0.3) is 0 Å². The zero-order valence-corrected chi connectivity index (χ0v) is 9.74. The first kappa shape index (κ1) is 10.2. The molecule has 0 N–H and O–H groups in total. The summed E-state index contributed by atoms with van der Waals surface area (Å²) in [5, 5.41) is 0. The van der Waals surface area contributed by atoms with Gasteiger partial charge >= 0.3 is 0 Å². The lowest BCUT2D eigenvalue weighted by Gasteiger charge is -2.06. The van der Waals surface area contributed by atoms with Gasteiger partial charge in [-0.15, -0.1) is 0 Å². The molecule has 0 atom stereocenters. The fraction of sp³-hybridized carbons (Fsp3) is 0.143. The summed E-state index contributed by atoms with van der Waals surface area (Å²) < 4.78 is 30.9. The average Bonchev–Trinajstić information content (AvgIpc) is 2.01. The van der Waals surface area contributed by atoms with Crippen LogP contribution < -0.4 is 4.74 Å². The number of rotatable bonds is 1. The third-order valence-corrected chi connectivity index (χ3v) is 2.85. The molecule has 0 fully saturated rings. The van der Waals surface area contributed by atoms with Crippen molar-refractivity contribution >= 4 is 38.5 Å². The Labute approximate surface area is 90.4 Å². The third-order valence-electron chi connectivity index (χ3n) is 1.28. The summed E-state index contributed by atoms with van der Waals surface area (Å²) in [4.78, 5) is 0. The van der Waals surface area contributed by atoms with Gasteiger partial charge in [0.1, 0.15) is 5.82 Å². The quantitative estimate of drug-likeness (QED) is 0.429. The monoisotopic (exact) mass is 348 g/mol. The third kappa shape index (κ3) is 1.71. The van der Waals surface area contributed by atoms with Crippen molar-refractivity contribution in [3.05, 3.63) is 25.7 Å². The number of benzene rings is 1. The van der Waals surface area contributed by atoms with Gasteiger partial charge in [-0.05, 0) is 44.6 Å². The highest BCUT2D eigenvalue weighted by Crippen LogP contribution is 2.32. The van der Waals surface area contributed by atoms with Crippen LogP contribution in [0.5, 0.6) is 5.75 Å². The van der Waals surface area contributed by atoms with Gasteiger partial charge in [0.25, 0.3) is 0 Å². The molecule has 1 nitrogen and oxygen atoms in total. The van der Waals surface area contributed by atoms with Crippen molar-refractivity contribution in [3.8, 4) is 5.75 Å². The molecule has 0 radical (unpaired) electrons. The van der Waals surface area contributed by atoms with Crippen LogP contribution in [-0.2, 0) is 0 Å². The molecular weight excluding hydrogens is 345 g/mol. The lowest BCUT2D eigenvalue weighted by atomic mass is 10.3. The molecule has 0 unspecified atom stereocenters. The van der Waals surface area contributed by atoms with E-state index < -0.39 is 11.6 Å². The topological polar surface area (TPSA) is 9.23 Å². The van der Waals surface area contributed by atoms with Crippen LogP contribution in [0.15, 0.2) is 10.5 Å². The Morgan fingerprint density at radius 1 is 1.50 bits per heavy atom. The number of hydrogen-bond acceptors (Lipinski definition) is 1. The zero-order valence-electron chi connectivity index (χ0n) is 6.00. The summed E-state index contributed by atoms with van der Waals surface area (Å²) >= 11 is 4.57. The minimum atomic E-state index is -0.676. The Kier molecular flexibility index (Phi) is 3.28. The summed E-state index contributed by atoms with van der Waals surface area (Å²) in [6.45, 7) is 0. The Balaban J connectivity index is 3.40. The normalized spacial score (nSPS) is 10.1. The summed E-state index contributed by atoms with van der Waals surface area (Å²) in [6.07, 6.45) is 0. The Morgan fingerprint density at radius 3 is 2.58 bits per heavy atom. The molecule has 0 bridgehead atoms. The standard InChI is InChI=1S/C7H4BrF2IO/c1-12-7-3(8)2-4(9)6(11)5(7)10/h2H,1H3. The van der Waals surface area contributed by atoms with Crippen molar-refractivity contribution in [2.45, 2.75) is 0 Å². The molecule has 0 heterocycles. The van der Waals surface area contributed by atoms with Crippen LogP contribution in [0.1, 0.15) is 0 Å². The van der Waals surface area contributed by atoms with Crippen molar-refractivity contribution in [2.75, 3.05) is 7.11 Å². The van der Waals surface area contributed by atoms with Crippen molar-refractivity contribution in [3.63, 3.8) is 0 Å². The van der Waals surface area contributed by atoms with Crippen molar-refractivity contribution in [2.24, 2.45) is 0 Å². The maximum absolute atomic E-state index is 13.1. The molecule has 0 amide bonds. The minimum Gasteiger partial charge on any atom is -0.492 e. The van der Waals surface area contributed by atoms with E-state index in [-0.39, 0.29) is 13.8 Å². The average molecular weight is 349 g/mol. The molecule has 0 aliphatic rings. The predicted molar refractivity (Wildman–Crippen MR) is 53.3 cm³/mol. The molecule has 0 saturated heterocycles. The van der Waals surface area contributed by atoms with Crippen LogP contribution in [-0.4, -0.2) is 7.11 Å². The summed E-state index contributed by atoms with van der Waals surface area (Å²) in [6, 6.07) is 1.17. The lowest BCUT2D eigenvalue weighted by molar-refractivity contribution is 0.379. The predicted octanol–water partition coefficient (Wildman–Crippen LogP) is 3.34. The van der Waals surface area contributed by atoms with E-state index in [1.54, 1.807) is 22.6 Å². The zero-order chi connectivity index (χ0) is 9.30. The maximum atomic E-state index is 13.1. The molecule has 0 aliphatic carbocycles. The van der Waals surface area contributed by atoms with Gasteiger partial charge in [-0.25, -0.2) is 8.78 Å². The number of methoxy groups -OCH3 is 1. The van der Waals surface area contributed by atoms with Gasteiger partial charge < -0.3 is 4.74 Å². The second-order valence-electron chi connectivity index (χ2n) is 2.00. The van der Waals surface area contributed by atoms with Crippen LogP contribution in [0.2, 0.25) is 0 Å². The second kappa shape index (κ2) is 3.87. The summed E-state index contributed by atoms with van der Waals surface area (Å²) in [5.41, 5.74) is 0. The van der Waals surface area contributed by atoms with Gasteiger partial charge in [-0.2, -0.15) is 0 Å². The van der Waals surface area contributed by atoms with E-state index in [4.69, 9.17) is 4.74 Å². The van der Waals surface area contributed by atoms with E-state index in [0.717, 1.165) is 0 Å². The Morgan fingerprint density at radius 2 is 2.08 bits per heavy atom. The summed E-state index contributed by atoms with van der Waals surface area (Å²) in [5.74, 6) is -1.24. The fourth-order valence-electron chi connectivity index (χ4n) is 0.737. The number of halogens is 4. The van der Waals surface area contributed by atoms with Crippen molar-refractivity contribution < 1.29 is 13.5 Å². The lowest BCUT2D eigenvalue weighted by Crippen LogP contribution is -1.95. The largest absolute Gasteiger partial charge is 0.492 e. The Bertz CT molecular complexity index is 317. The SMILES string of the molecule is COc1c(Br)cc(F)c(I)c1F. The first-order chi connectivity index (χ1) is 5.57. The highest BCUT2D eigenvalue weighted by molar-refractivity contribution is 14.1. The molecule has 66 valence electrons. The van der Waals surface area contributed by atoms with E-state index in [2.05, 4.69) is 15.9 Å². The van der Waals surface area contributed by atoms with Crippen molar-refractivity contribution in [1.29, 1.82) is 0 Å². The summed E-state index contributed by atoms with van der Waals surface area (Å²) in [7, 11) is 1.33. The molecule has 0 aliphatic heterocycles. The van der Waals surface area contributed by atoms with Gasteiger partial charge in [0, 0.05) is 0 Å². The molecule has 0 spiro atoms. The van der Waals surface area contributed by atoms with Crippen LogP contribution in [0, 0.1) is 15.2 Å². The van der Waals surface area contributed by atoms with Gasteiger partial charge in [-0.1, -0.05) is 0 Å². The van der Waals surface area contributed by atoms with Gasteiger partial charge in [0.2, 0.25) is 0 Å². The molecule has 12 heavy (non-hydrogen) atoms. The smallest absolute Gasteiger partial charge is 0.182 e. The fourth-order valence-corrected chi connectivity index (χ4v) is 1.67. The molecule has 1 rings (SSSR count). The molecule has 0 saturated carbocycles. The molecule has 0 aromatic heterocycles. The second-order valence-corrected chi connectivity index (χ2v) is 3.93. The minimum absolute atomic E-state index is 0.0285. The maximum Gasteiger partial charge on any atom is 0.182 e. The molecule has 1 aromatic rings. The van der Waals surface area contributed by atoms with E-state index in [9.17, 15) is 8.78 Å². The van der Waals surface area contributed by atoms with E-state index in [1.165, 1.54) is 13.2 Å². The molecule has 1 aromatic carbocycles. The molecular formula is C7H4BrF2IO. The van der Waals surface area contributed by atoms with Crippen LogP contribution >= 0.6 is 38.5 Å². The Hall–Kier alpha value is 0.0900. The first-order valence-electron chi connectivity index (χ1n) is 2.95. The van der Waals surface area contributed by atoms with E-state index in [1.807, 2.05) is 0 Å². The number of ether oxygens (including phenoxy) is 1. The molecule has 5 heteroatoms. The highest BCUT2D eigenvalue weighted by Gasteiger charge is 2.15. The highest BCUT2D eigenvalue weighted by atomic mass is 127. The van der Waals surface area contributed by atoms with Crippen molar-refractivity contribution in [1.82, 2.24) is 0 Å². The van der Waals surface area contributed by atoms with E-state index in [0.29, 0.717) is 0 Å². The van der Waals surface area contributed by atoms with Crippen LogP contribution in [0.3, 0.4) is 0 Å². The first-order valence-corrected chi connectivity index (χ1v) is 4.82. The van der Waals surface area contributed by atoms with Gasteiger partial charge in [-0.3, -0.25) is 0 Å². The van der Waals surface area contributed by atoms with Gasteiger partial charge in [0.15, 0.2) is 11.6 Å². The van der Waals surface area contributed by atoms with Crippen LogP contribution in [0.4, 0.5) is 8.78 Å².